The molecule has 0 amide bonds. The molecule has 4 aliphatic carbocycles. The van der Waals surface area contributed by atoms with Crippen LogP contribution in [-0.4, -0.2) is 37.5 Å². The summed E-state index contributed by atoms with van der Waals surface area (Å²) in [6, 6.07) is 0. The van der Waals surface area contributed by atoms with Gasteiger partial charge in [0.25, 0.3) is 0 Å². The van der Waals surface area contributed by atoms with E-state index in [9.17, 15) is 9.59 Å². The molecule has 1 N–H and O–H groups in total. The number of ether oxygens (including phenoxy) is 1. The topological polar surface area (TPSA) is 47.8 Å². The van der Waals surface area contributed by atoms with E-state index in [1.165, 1.54) is 45.2 Å². The molecule has 1 aliphatic heterocycles. The summed E-state index contributed by atoms with van der Waals surface area (Å²) in [4.78, 5) is 26.7. The van der Waals surface area contributed by atoms with Gasteiger partial charge in [0.15, 0.2) is 0 Å². The molecule has 3 saturated carbocycles. The molecule has 0 radical (unpaired) electrons. The fraction of sp³-hybridized carbons (Fsp3) is 0.871. The van der Waals surface area contributed by atoms with Gasteiger partial charge in [-0.25, -0.2) is 0 Å². The first-order valence-electron chi connectivity index (χ1n) is 14.7. The molecular formula is C31H50NO3+. The van der Waals surface area contributed by atoms with Crippen molar-refractivity contribution >= 4 is 11.8 Å². The van der Waals surface area contributed by atoms with Crippen LogP contribution in [0.25, 0.3) is 0 Å². The first-order valence-corrected chi connectivity index (χ1v) is 14.7. The van der Waals surface area contributed by atoms with Gasteiger partial charge in [-0.2, -0.15) is 0 Å². The minimum absolute atomic E-state index is 0.0124. The molecule has 1 unspecified atom stereocenters. The average Bonchev–Trinajstić information content (AvgIpc) is 3.15. The zero-order valence-corrected chi connectivity index (χ0v) is 23.1. The molecule has 0 aromatic rings. The maximum atomic E-state index is 12.7. The van der Waals surface area contributed by atoms with Crippen LogP contribution in [0.3, 0.4) is 0 Å². The fourth-order valence-corrected chi connectivity index (χ4v) is 9.80. The number of hydrogen-bond acceptors (Lipinski definition) is 3. The van der Waals surface area contributed by atoms with Crippen molar-refractivity contribution in [3.63, 3.8) is 0 Å². The zero-order chi connectivity index (χ0) is 25.0. The van der Waals surface area contributed by atoms with Crippen LogP contribution in [0.15, 0.2) is 11.6 Å². The second kappa shape index (κ2) is 9.30. The normalized spacial score (nSPS) is 44.4. The highest BCUT2D eigenvalue weighted by Gasteiger charge is 2.59. The van der Waals surface area contributed by atoms with Crippen LogP contribution in [0.4, 0.5) is 0 Å². The van der Waals surface area contributed by atoms with Crippen LogP contribution in [0, 0.1) is 39.9 Å². The molecule has 1 saturated heterocycles. The smallest absolute Gasteiger partial charge is 0.311 e. The van der Waals surface area contributed by atoms with E-state index in [-0.39, 0.29) is 28.8 Å². The van der Waals surface area contributed by atoms with E-state index >= 15 is 0 Å². The van der Waals surface area contributed by atoms with Crippen LogP contribution in [-0.2, 0) is 14.3 Å². The maximum absolute atomic E-state index is 12.7. The number of quaternary nitrogens is 1. The summed E-state index contributed by atoms with van der Waals surface area (Å²) in [5.41, 5.74) is 2.44. The second-order valence-electron chi connectivity index (χ2n) is 14.3. The van der Waals surface area contributed by atoms with Gasteiger partial charge < -0.3 is 9.64 Å². The molecule has 4 nitrogen and oxygen atoms in total. The van der Waals surface area contributed by atoms with Gasteiger partial charge in [-0.05, 0) is 93.3 Å². The molecule has 35 heavy (non-hydrogen) atoms. The summed E-state index contributed by atoms with van der Waals surface area (Å²) < 4.78 is 6.06. The Hall–Kier alpha value is -1.16. The van der Waals surface area contributed by atoms with Gasteiger partial charge in [-0.1, -0.05) is 39.3 Å². The van der Waals surface area contributed by atoms with E-state index in [1.54, 1.807) is 10.5 Å². The number of piperidine rings is 1. The molecule has 0 spiro atoms. The Kier molecular flexibility index (Phi) is 6.77. The Morgan fingerprint density at radius 1 is 1.03 bits per heavy atom. The number of carbonyl (C=O) groups excluding carboxylic acids is 2. The highest BCUT2D eigenvalue weighted by molar-refractivity contribution is 5.79. The number of allylic oxidation sites excluding steroid dienone is 1. The van der Waals surface area contributed by atoms with E-state index in [0.29, 0.717) is 23.5 Å². The Bertz CT molecular complexity index is 876. The zero-order valence-electron chi connectivity index (χ0n) is 23.1. The van der Waals surface area contributed by atoms with Crippen molar-refractivity contribution in [2.45, 2.75) is 111 Å². The third-order valence-electron chi connectivity index (χ3n) is 11.6. The van der Waals surface area contributed by atoms with Gasteiger partial charge in [-0.3, -0.25) is 9.59 Å². The monoisotopic (exact) mass is 484 g/mol. The van der Waals surface area contributed by atoms with Crippen LogP contribution < -0.4 is 4.90 Å². The highest BCUT2D eigenvalue weighted by atomic mass is 16.5. The highest BCUT2D eigenvalue weighted by Crippen LogP contribution is 2.66. The van der Waals surface area contributed by atoms with Crippen molar-refractivity contribution in [2.24, 2.45) is 39.9 Å². The van der Waals surface area contributed by atoms with Crippen molar-refractivity contribution in [2.75, 3.05) is 19.6 Å². The fourth-order valence-electron chi connectivity index (χ4n) is 9.80. The van der Waals surface area contributed by atoms with E-state index in [4.69, 9.17) is 4.74 Å². The van der Waals surface area contributed by atoms with Crippen molar-refractivity contribution in [3.05, 3.63) is 11.6 Å². The molecule has 0 aromatic heterocycles. The lowest BCUT2D eigenvalue weighted by Crippen LogP contribution is -3.14. The van der Waals surface area contributed by atoms with Gasteiger partial charge >= 0.3 is 5.97 Å². The number of Topliss-reactive ketones (excluding diaryl/α,β-unsaturated/α-hetero) is 1. The van der Waals surface area contributed by atoms with Crippen molar-refractivity contribution in [1.82, 2.24) is 0 Å². The Labute approximate surface area is 213 Å². The van der Waals surface area contributed by atoms with Crippen LogP contribution in [0.1, 0.15) is 105 Å². The van der Waals surface area contributed by atoms with Gasteiger partial charge in [0.2, 0.25) is 0 Å². The average molecular weight is 485 g/mol. The minimum Gasteiger partial charge on any atom is -0.462 e. The lowest BCUT2D eigenvalue weighted by molar-refractivity contribution is -0.911. The number of fused-ring (bicyclic) bond motifs is 5. The second-order valence-corrected chi connectivity index (χ2v) is 14.3. The molecule has 4 fully saturated rings. The van der Waals surface area contributed by atoms with E-state index in [1.807, 2.05) is 6.92 Å². The molecule has 8 atom stereocenters. The molecule has 5 aliphatic rings. The first-order chi connectivity index (χ1) is 16.5. The summed E-state index contributed by atoms with van der Waals surface area (Å²) in [5, 5.41) is 0. The SMILES string of the molecule is CC(=O)[C@@H]1CC[C@@H]2[C@@H]3CC=C4C[C@@H](OC(=O)CC[NH+]5CCCC(C)(C)C5)CC[C@@]4(C)[C@@H]3CC[C@@]21C. The van der Waals surface area contributed by atoms with Crippen LogP contribution in [0.2, 0.25) is 0 Å². The quantitative estimate of drug-likeness (QED) is 0.433. The number of rotatable bonds is 5. The maximum Gasteiger partial charge on any atom is 0.311 e. The predicted molar refractivity (Wildman–Crippen MR) is 139 cm³/mol. The lowest BCUT2D eigenvalue weighted by Gasteiger charge is -2.58. The number of likely N-dealkylation sites (tertiary alicyclic amines) is 1. The third-order valence-corrected chi connectivity index (χ3v) is 11.6. The van der Waals surface area contributed by atoms with E-state index in [2.05, 4.69) is 33.8 Å². The number of carbonyl (C=O) groups is 2. The Balaban J connectivity index is 1.19. The van der Waals surface area contributed by atoms with Gasteiger partial charge in [-0.15, -0.1) is 0 Å². The molecular weight excluding hydrogens is 434 g/mol. The van der Waals surface area contributed by atoms with Gasteiger partial charge in [0.05, 0.1) is 26.1 Å². The number of nitrogens with one attached hydrogen (secondary N) is 1. The first kappa shape index (κ1) is 25.5. The Morgan fingerprint density at radius 2 is 1.83 bits per heavy atom. The molecule has 5 rings (SSSR count). The molecule has 4 heteroatoms. The number of ketones is 1. The molecule has 196 valence electrons. The van der Waals surface area contributed by atoms with Gasteiger partial charge in [0, 0.05) is 17.8 Å². The summed E-state index contributed by atoms with van der Waals surface area (Å²) in [5.74, 6) is 2.86. The van der Waals surface area contributed by atoms with Crippen molar-refractivity contribution in [3.8, 4) is 0 Å². The predicted octanol–water partition coefficient (Wildman–Crippen LogP) is 5.16. The molecule has 1 heterocycles. The summed E-state index contributed by atoms with van der Waals surface area (Å²) in [6.07, 6.45) is 14.8. The number of hydrogen-bond donors (Lipinski definition) is 1. The van der Waals surface area contributed by atoms with Gasteiger partial charge in [0.1, 0.15) is 11.9 Å². The summed E-state index contributed by atoms with van der Waals surface area (Å²) >= 11 is 0. The van der Waals surface area contributed by atoms with Crippen molar-refractivity contribution < 1.29 is 19.2 Å². The summed E-state index contributed by atoms with van der Waals surface area (Å²) in [7, 11) is 0. The largest absolute Gasteiger partial charge is 0.462 e. The Morgan fingerprint density at radius 3 is 2.57 bits per heavy atom. The molecule has 0 bridgehead atoms. The summed E-state index contributed by atoms with van der Waals surface area (Å²) in [6.45, 7) is 14.8. The lowest BCUT2D eigenvalue weighted by atomic mass is 9.47. The van der Waals surface area contributed by atoms with Crippen LogP contribution in [0.5, 0.6) is 0 Å². The number of esters is 1. The molecule has 0 aromatic carbocycles. The van der Waals surface area contributed by atoms with E-state index < -0.39 is 0 Å². The van der Waals surface area contributed by atoms with E-state index in [0.717, 1.165) is 50.5 Å². The van der Waals surface area contributed by atoms with Crippen LogP contribution >= 0.6 is 0 Å². The van der Waals surface area contributed by atoms with Crippen molar-refractivity contribution in [1.29, 1.82) is 0 Å². The standard InChI is InChI=1S/C31H49NO3/c1-21(33)25-9-10-26-24-8-7-22-19-23(11-15-30(22,4)27(24)12-16-31(25,26)5)35-28(34)13-18-32-17-6-14-29(2,3)20-32/h7,23-27H,6,8-20H2,1-5H3/p+1/t23-,24-,25-,26+,27+,30+,31+/m0/s1. The third kappa shape index (κ3) is 4.66. The minimum atomic E-state index is 0.0124.